The predicted molar refractivity (Wildman–Crippen MR) is 120 cm³/mol. The Balaban J connectivity index is 1.41. The fourth-order valence-corrected chi connectivity index (χ4v) is 4.96. The molecule has 2 atom stereocenters. The molecule has 2 N–H and O–H groups in total. The Bertz CT molecular complexity index is 1160. The minimum Gasteiger partial charge on any atom is -0.454 e. The monoisotopic (exact) mass is 434 g/mol. The first-order chi connectivity index (χ1) is 15.1. The average molecular weight is 435 g/mol. The van der Waals surface area contributed by atoms with Gasteiger partial charge in [-0.3, -0.25) is 0 Å². The van der Waals surface area contributed by atoms with Crippen molar-refractivity contribution in [3.63, 3.8) is 0 Å². The molecule has 2 aromatic carbocycles. The summed E-state index contributed by atoms with van der Waals surface area (Å²) in [5.74, 6) is 3.68. The van der Waals surface area contributed by atoms with Crippen molar-refractivity contribution in [2.45, 2.75) is 25.8 Å². The average Bonchev–Trinajstić information content (AvgIpc) is 3.42. The zero-order chi connectivity index (χ0) is 20.9. The van der Waals surface area contributed by atoms with Crippen molar-refractivity contribution in [1.29, 1.82) is 0 Å². The van der Waals surface area contributed by atoms with E-state index in [9.17, 15) is 0 Å². The zero-order valence-electron chi connectivity index (χ0n) is 17.1. The highest BCUT2D eigenvalue weighted by atomic mass is 32.1. The van der Waals surface area contributed by atoms with Crippen molar-refractivity contribution in [3.05, 3.63) is 64.4 Å². The third kappa shape index (κ3) is 3.29. The number of nitrogens with one attached hydrogen (secondary N) is 2. The van der Waals surface area contributed by atoms with Crippen molar-refractivity contribution < 1.29 is 18.9 Å². The molecule has 7 heteroatoms. The van der Waals surface area contributed by atoms with Gasteiger partial charge in [0.25, 0.3) is 0 Å². The van der Waals surface area contributed by atoms with E-state index >= 15 is 0 Å². The molecule has 2 aromatic rings. The molecule has 158 valence electrons. The summed E-state index contributed by atoms with van der Waals surface area (Å²) in [6, 6.07) is 12.2. The number of rotatable bonds is 2. The predicted octanol–water partition coefficient (Wildman–Crippen LogP) is 4.43. The van der Waals surface area contributed by atoms with Crippen LogP contribution in [0.25, 0.3) is 6.08 Å². The number of ether oxygens (including phenoxy) is 4. The summed E-state index contributed by atoms with van der Waals surface area (Å²) < 4.78 is 22.1. The molecule has 4 aliphatic rings. The van der Waals surface area contributed by atoms with Gasteiger partial charge in [0.15, 0.2) is 28.1 Å². The van der Waals surface area contributed by atoms with Crippen molar-refractivity contribution in [3.8, 4) is 23.0 Å². The van der Waals surface area contributed by atoms with Gasteiger partial charge >= 0.3 is 0 Å². The molecule has 0 aromatic heterocycles. The van der Waals surface area contributed by atoms with E-state index in [1.165, 1.54) is 11.1 Å². The smallest absolute Gasteiger partial charge is 0.231 e. The van der Waals surface area contributed by atoms with Gasteiger partial charge < -0.3 is 29.6 Å². The number of allylic oxidation sites excluding steroid dienone is 1. The van der Waals surface area contributed by atoms with Crippen molar-refractivity contribution in [1.82, 2.24) is 10.6 Å². The molecule has 0 spiro atoms. The first-order valence-corrected chi connectivity index (χ1v) is 10.9. The maximum atomic E-state index is 5.60. The van der Waals surface area contributed by atoms with Crippen molar-refractivity contribution in [2.24, 2.45) is 5.92 Å². The van der Waals surface area contributed by atoms with E-state index < -0.39 is 0 Å². The Morgan fingerprint density at radius 2 is 1.61 bits per heavy atom. The molecule has 3 heterocycles. The van der Waals surface area contributed by atoms with E-state index in [2.05, 4.69) is 41.8 Å². The van der Waals surface area contributed by atoms with E-state index in [-0.39, 0.29) is 19.6 Å². The van der Waals surface area contributed by atoms with E-state index in [0.29, 0.717) is 11.0 Å². The Morgan fingerprint density at radius 3 is 2.42 bits per heavy atom. The van der Waals surface area contributed by atoms with E-state index in [1.54, 1.807) is 0 Å². The van der Waals surface area contributed by atoms with Crippen molar-refractivity contribution >= 4 is 23.4 Å². The number of fused-ring (bicyclic) bond motifs is 2. The number of hydrogen-bond donors (Lipinski definition) is 2. The maximum absolute atomic E-state index is 5.60. The molecular formula is C24H22N2O4S. The first kappa shape index (κ1) is 18.6. The number of benzene rings is 2. The van der Waals surface area contributed by atoms with E-state index in [0.717, 1.165) is 52.7 Å². The van der Waals surface area contributed by atoms with Crippen LogP contribution in [-0.4, -0.2) is 18.7 Å². The second kappa shape index (κ2) is 7.20. The molecular weight excluding hydrogens is 412 g/mol. The molecule has 6 nitrogen and oxygen atoms in total. The van der Waals surface area contributed by atoms with Crippen LogP contribution in [0.1, 0.15) is 36.9 Å². The first-order valence-electron chi connectivity index (χ1n) is 10.4. The summed E-state index contributed by atoms with van der Waals surface area (Å²) in [6.45, 7) is 2.84. The third-order valence-electron chi connectivity index (χ3n) is 6.11. The van der Waals surface area contributed by atoms with Gasteiger partial charge in [-0.15, -0.1) is 0 Å². The molecule has 0 radical (unpaired) electrons. The zero-order valence-corrected chi connectivity index (χ0v) is 17.9. The summed E-state index contributed by atoms with van der Waals surface area (Å²) in [6.07, 6.45) is 4.21. The topological polar surface area (TPSA) is 61.0 Å². The second-order valence-electron chi connectivity index (χ2n) is 8.34. The lowest BCUT2D eigenvalue weighted by Crippen LogP contribution is -2.45. The molecule has 31 heavy (non-hydrogen) atoms. The van der Waals surface area contributed by atoms with Crippen LogP contribution in [0.15, 0.2) is 53.2 Å². The normalized spacial score (nSPS) is 24.7. The summed E-state index contributed by atoms with van der Waals surface area (Å²) in [5, 5.41) is 7.53. The fraction of sp³-hybridized carbons (Fsp3) is 0.292. The highest BCUT2D eigenvalue weighted by molar-refractivity contribution is 7.80. The summed E-state index contributed by atoms with van der Waals surface area (Å²) in [5.41, 5.74) is 5.91. The summed E-state index contributed by atoms with van der Waals surface area (Å²) in [4.78, 5) is 0. The largest absolute Gasteiger partial charge is 0.454 e. The van der Waals surface area contributed by atoms with Crippen LogP contribution in [0, 0.1) is 5.92 Å². The lowest BCUT2D eigenvalue weighted by Gasteiger charge is -2.38. The molecule has 3 aliphatic heterocycles. The van der Waals surface area contributed by atoms with Crippen LogP contribution < -0.4 is 29.6 Å². The SMILES string of the molecule is C[C@H]1CC2=C(NC(=S)N[C@H]2c2ccc3c(c2)OCO3)/C(=C/c2ccc3c(c2)OCO3)C1. The van der Waals surface area contributed by atoms with E-state index in [4.69, 9.17) is 31.2 Å². The maximum Gasteiger partial charge on any atom is 0.231 e. The molecule has 6 rings (SSSR count). The fourth-order valence-electron chi connectivity index (χ4n) is 4.74. The minimum atomic E-state index is 0.00107. The van der Waals surface area contributed by atoms with Gasteiger partial charge in [0, 0.05) is 5.70 Å². The third-order valence-corrected chi connectivity index (χ3v) is 6.33. The Hall–Kier alpha value is -3.19. The van der Waals surface area contributed by atoms with E-state index in [1.807, 2.05) is 18.2 Å². The summed E-state index contributed by atoms with van der Waals surface area (Å²) >= 11 is 5.59. The molecule has 0 fully saturated rings. The Kier molecular flexibility index (Phi) is 4.31. The van der Waals surface area contributed by atoms with Gasteiger partial charge in [0.1, 0.15) is 0 Å². The van der Waals surface area contributed by atoms with Gasteiger partial charge in [-0.1, -0.05) is 19.1 Å². The van der Waals surface area contributed by atoms with Gasteiger partial charge in [0.2, 0.25) is 13.6 Å². The van der Waals surface area contributed by atoms with Crippen LogP contribution in [-0.2, 0) is 0 Å². The van der Waals surface area contributed by atoms with Crippen LogP contribution in [0.3, 0.4) is 0 Å². The Labute approximate surface area is 185 Å². The highest BCUT2D eigenvalue weighted by Crippen LogP contribution is 2.43. The van der Waals surface area contributed by atoms with Crippen LogP contribution in [0.2, 0.25) is 0 Å². The standard InChI is InChI=1S/C24H22N2O4S/c1-13-6-16(8-14-2-4-18-20(9-14)29-11-27-18)23-17(7-13)22(25-24(31)26-23)15-3-5-19-21(10-15)30-12-28-19/h2-5,8-10,13,22H,6-7,11-12H2,1H3,(H2,25,26,31)/b16-8+/t13-,22+/m1/s1. The van der Waals surface area contributed by atoms with Gasteiger partial charge in [-0.05, 0) is 83.6 Å². The minimum absolute atomic E-state index is 0.00107. The van der Waals surface area contributed by atoms with Crippen LogP contribution in [0.4, 0.5) is 0 Å². The molecule has 0 bridgehead atoms. The van der Waals surface area contributed by atoms with Crippen LogP contribution >= 0.6 is 12.2 Å². The molecule has 1 aliphatic carbocycles. The molecule has 0 amide bonds. The van der Waals surface area contributed by atoms with Gasteiger partial charge in [-0.25, -0.2) is 0 Å². The van der Waals surface area contributed by atoms with Crippen LogP contribution in [0.5, 0.6) is 23.0 Å². The van der Waals surface area contributed by atoms with Gasteiger partial charge in [-0.2, -0.15) is 0 Å². The molecule has 0 unspecified atom stereocenters. The number of hydrogen-bond acceptors (Lipinski definition) is 5. The number of thiocarbonyl (C=S) groups is 1. The highest BCUT2D eigenvalue weighted by Gasteiger charge is 2.33. The van der Waals surface area contributed by atoms with Crippen molar-refractivity contribution in [2.75, 3.05) is 13.6 Å². The lowest BCUT2D eigenvalue weighted by molar-refractivity contribution is 0.173. The Morgan fingerprint density at radius 1 is 0.903 bits per heavy atom. The quantitative estimate of drug-likeness (QED) is 0.678. The molecule has 0 saturated carbocycles. The molecule has 0 saturated heterocycles. The second-order valence-corrected chi connectivity index (χ2v) is 8.75. The van der Waals surface area contributed by atoms with Gasteiger partial charge in [0.05, 0.1) is 6.04 Å². The summed E-state index contributed by atoms with van der Waals surface area (Å²) in [7, 11) is 0. The lowest BCUT2D eigenvalue weighted by atomic mass is 9.78.